The Morgan fingerprint density at radius 1 is 0.818 bits per heavy atom. The fourth-order valence-corrected chi connectivity index (χ4v) is 3.27. The maximum Gasteiger partial charge on any atom is 2.00 e. The van der Waals surface area contributed by atoms with Gasteiger partial charge in [0.1, 0.15) is 11.9 Å². The van der Waals surface area contributed by atoms with Gasteiger partial charge in [-0.05, 0) is 42.8 Å². The van der Waals surface area contributed by atoms with Crippen LogP contribution in [0.25, 0.3) is 17.1 Å². The van der Waals surface area contributed by atoms with Crippen molar-refractivity contribution in [3.05, 3.63) is 89.8 Å². The first kappa shape index (κ1) is 24.7. The molecule has 0 saturated heterocycles. The predicted molar refractivity (Wildman–Crippen MR) is 117 cm³/mol. The van der Waals surface area contributed by atoms with Crippen molar-refractivity contribution in [3.63, 3.8) is 0 Å². The molecule has 0 amide bonds. The van der Waals surface area contributed by atoms with Crippen molar-refractivity contribution in [3.8, 4) is 17.1 Å². The predicted octanol–water partition coefficient (Wildman–Crippen LogP) is 5.22. The Labute approximate surface area is 202 Å². The van der Waals surface area contributed by atoms with Gasteiger partial charge in [0.25, 0.3) is 0 Å². The Morgan fingerprint density at radius 2 is 1.48 bits per heavy atom. The summed E-state index contributed by atoms with van der Waals surface area (Å²) in [4.78, 5) is 12.7. The summed E-state index contributed by atoms with van der Waals surface area (Å²) in [6, 6.07) is 16.4. The van der Waals surface area contributed by atoms with Crippen molar-refractivity contribution >= 4 is 0 Å². The van der Waals surface area contributed by atoms with Crippen molar-refractivity contribution in [2.24, 2.45) is 0 Å². The number of rotatable bonds is 4. The fraction of sp³-hybridized carbons (Fsp3) is 0.280. The molecule has 4 aromatic rings. The number of halogens is 2. The van der Waals surface area contributed by atoms with Crippen molar-refractivity contribution < 1.29 is 25.3 Å². The number of pyridine rings is 3. The largest absolute Gasteiger partial charge is 2.00 e. The molecule has 0 bridgehead atoms. The van der Waals surface area contributed by atoms with E-state index in [1.807, 2.05) is 44.2 Å². The van der Waals surface area contributed by atoms with Crippen molar-refractivity contribution in [1.82, 2.24) is 24.7 Å². The van der Waals surface area contributed by atoms with E-state index in [0.717, 1.165) is 17.5 Å². The fourth-order valence-electron chi connectivity index (χ4n) is 3.27. The van der Waals surface area contributed by atoms with E-state index in [2.05, 4.69) is 48.1 Å². The molecule has 0 saturated carbocycles. The quantitative estimate of drug-likeness (QED) is 0.224. The molecule has 5 nitrogen and oxygen atoms in total. The first-order valence-electron chi connectivity index (χ1n) is 10.2. The molecule has 33 heavy (non-hydrogen) atoms. The van der Waals surface area contributed by atoms with Crippen molar-refractivity contribution in [2.45, 2.75) is 45.4 Å². The summed E-state index contributed by atoms with van der Waals surface area (Å²) in [5.74, 6) is -1.23. The Balaban J connectivity index is 0.00000306. The Hall–Kier alpha value is -2.99. The Kier molecular flexibility index (Phi) is 6.80. The topological polar surface area (TPSA) is 56.5 Å². The van der Waals surface area contributed by atoms with E-state index in [4.69, 9.17) is 4.98 Å². The van der Waals surface area contributed by atoms with Crippen LogP contribution in [0, 0.1) is 24.2 Å². The van der Waals surface area contributed by atoms with E-state index in [1.54, 1.807) is 16.8 Å². The molecular weight excluding hydrogens is 467 g/mol. The molecule has 4 heterocycles. The van der Waals surface area contributed by atoms with Gasteiger partial charge in [-0.2, -0.15) is 0 Å². The first-order valence-corrected chi connectivity index (χ1v) is 10.2. The van der Waals surface area contributed by atoms with Crippen molar-refractivity contribution in [2.75, 3.05) is 0 Å². The average Bonchev–Trinajstić information content (AvgIpc) is 3.25. The van der Waals surface area contributed by atoms with Crippen LogP contribution >= 0.6 is 0 Å². The summed E-state index contributed by atoms with van der Waals surface area (Å²) in [5, 5.41) is 4.62. The van der Waals surface area contributed by atoms with Crippen LogP contribution in [0.1, 0.15) is 51.7 Å². The molecule has 8 heteroatoms. The minimum absolute atomic E-state index is 0. The van der Waals surface area contributed by atoms with Crippen LogP contribution in [-0.2, 0) is 27.3 Å². The van der Waals surface area contributed by atoms with E-state index < -0.39 is 17.3 Å². The second-order valence-corrected chi connectivity index (χ2v) is 9.12. The molecule has 172 valence electrons. The van der Waals surface area contributed by atoms with Gasteiger partial charge in [0, 0.05) is 16.8 Å². The van der Waals surface area contributed by atoms with Gasteiger partial charge in [-0.15, -0.1) is 12.1 Å². The molecule has 0 aliphatic heterocycles. The van der Waals surface area contributed by atoms with Crippen LogP contribution in [0.2, 0.25) is 0 Å². The zero-order valence-corrected chi connectivity index (χ0v) is 19.9. The van der Waals surface area contributed by atoms with E-state index >= 15 is 0 Å². The third kappa shape index (κ3) is 5.01. The van der Waals surface area contributed by atoms with Gasteiger partial charge < -0.3 is 9.67 Å². The number of aromatic nitrogens is 5. The average molecular weight is 490 g/mol. The normalized spacial score (nSPS) is 11.8. The maximum absolute atomic E-state index is 14.2. The van der Waals surface area contributed by atoms with Crippen molar-refractivity contribution in [1.29, 1.82) is 0 Å². The van der Waals surface area contributed by atoms with Gasteiger partial charge in [-0.1, -0.05) is 62.9 Å². The van der Waals surface area contributed by atoms with E-state index in [-0.39, 0.29) is 27.5 Å². The van der Waals surface area contributed by atoms with Gasteiger partial charge in [-0.25, -0.2) is 8.78 Å². The first-order chi connectivity index (χ1) is 15.1. The van der Waals surface area contributed by atoms with Crippen LogP contribution < -0.4 is 0 Å². The molecule has 0 spiro atoms. The zero-order valence-electron chi connectivity index (χ0n) is 18.9. The molecule has 0 unspecified atom stereocenters. The standard InChI is InChI=1S/C25H23F2N5.Ni/c1-24(2,3)18-14-15-32(31-18)22-11-7-10-20(29-22)25(4,5)19-9-6-8-17(28-19)16-12-13-21(26)30-23(16)27;/h6-11,13-14H,1-5H3;/q-2;+2. The van der Waals surface area contributed by atoms with E-state index in [9.17, 15) is 8.78 Å². The molecule has 0 N–H and O–H groups in total. The van der Waals surface area contributed by atoms with E-state index in [0.29, 0.717) is 17.2 Å². The van der Waals surface area contributed by atoms with Gasteiger partial charge in [0.05, 0.1) is 5.82 Å². The summed E-state index contributed by atoms with van der Waals surface area (Å²) >= 11 is 0. The van der Waals surface area contributed by atoms with Gasteiger partial charge >= 0.3 is 16.5 Å². The molecule has 0 fully saturated rings. The van der Waals surface area contributed by atoms with Crippen LogP contribution in [0.5, 0.6) is 0 Å². The monoisotopic (exact) mass is 489 g/mol. The SMILES string of the molecule is CC(C)(C)c1c[c-]n(-c2cccc(C(C)(C)c3cccc(-c4[c-]cc(F)nc4F)n3)n2)n1.[Ni+2]. The summed E-state index contributed by atoms with van der Waals surface area (Å²) in [7, 11) is 0. The summed E-state index contributed by atoms with van der Waals surface area (Å²) in [6.45, 7) is 10.3. The van der Waals surface area contributed by atoms with Crippen LogP contribution in [0.3, 0.4) is 0 Å². The Bertz CT molecular complexity index is 1280. The molecule has 0 aliphatic rings. The second kappa shape index (κ2) is 9.10. The van der Waals surface area contributed by atoms with Gasteiger partial charge in [0.2, 0.25) is 0 Å². The molecule has 0 aliphatic carbocycles. The third-order valence-corrected chi connectivity index (χ3v) is 5.28. The smallest absolute Gasteiger partial charge is 0.343 e. The molecule has 4 aromatic heterocycles. The number of nitrogens with zero attached hydrogens (tertiary/aromatic N) is 5. The van der Waals surface area contributed by atoms with Gasteiger partial charge in [-0.3, -0.25) is 15.1 Å². The molecule has 0 aromatic carbocycles. The number of hydrogen-bond acceptors (Lipinski definition) is 4. The summed E-state index contributed by atoms with van der Waals surface area (Å²) in [5.41, 5.74) is 2.02. The van der Waals surface area contributed by atoms with Crippen LogP contribution in [0.15, 0.2) is 48.5 Å². The zero-order chi connectivity index (χ0) is 23.1. The molecule has 4 rings (SSSR count). The minimum atomic E-state index is -0.948. The Morgan fingerprint density at radius 3 is 2.12 bits per heavy atom. The minimum Gasteiger partial charge on any atom is -0.343 e. The van der Waals surface area contributed by atoms with Crippen LogP contribution in [0.4, 0.5) is 8.78 Å². The molecule has 0 atom stereocenters. The maximum atomic E-state index is 14.2. The van der Waals surface area contributed by atoms with E-state index in [1.165, 1.54) is 0 Å². The van der Waals surface area contributed by atoms with Gasteiger partial charge in [0.15, 0.2) is 0 Å². The second-order valence-electron chi connectivity index (χ2n) is 9.12. The summed E-state index contributed by atoms with van der Waals surface area (Å²) < 4.78 is 29.0. The third-order valence-electron chi connectivity index (χ3n) is 5.28. The molecular formula is C25H23F2N5Ni. The number of hydrogen-bond donors (Lipinski definition) is 0. The van der Waals surface area contributed by atoms with Crippen LogP contribution in [-0.4, -0.2) is 24.7 Å². The molecule has 0 radical (unpaired) electrons. The summed E-state index contributed by atoms with van der Waals surface area (Å²) in [6.07, 6.45) is 3.13.